The molecule has 0 unspecified atom stereocenters. The molecule has 0 heteroatoms. The molecule has 0 aliphatic heterocycles. The van der Waals surface area contributed by atoms with E-state index in [2.05, 4.69) is 196 Å². The maximum Gasteiger partial charge on any atom is 0.0159 e. The highest BCUT2D eigenvalue weighted by Crippen LogP contribution is 2.52. The molecule has 9 aromatic rings. The summed E-state index contributed by atoms with van der Waals surface area (Å²) in [6.07, 6.45) is 0. The number of hydrogen-bond acceptors (Lipinski definition) is 0. The van der Waals surface area contributed by atoms with Gasteiger partial charge in [0.25, 0.3) is 0 Å². The van der Waals surface area contributed by atoms with Crippen LogP contribution < -0.4 is 0 Å². The summed E-state index contributed by atoms with van der Waals surface area (Å²) in [5.74, 6) is 0. The molecule has 0 saturated carbocycles. The van der Waals surface area contributed by atoms with Gasteiger partial charge in [0.1, 0.15) is 0 Å². The molecule has 0 radical (unpaired) electrons. The van der Waals surface area contributed by atoms with Crippen molar-refractivity contribution in [1.29, 1.82) is 0 Å². The summed E-state index contributed by atoms with van der Waals surface area (Å²) in [6, 6.07) is 67.5. The average Bonchev–Trinajstić information content (AvgIpc) is 3.42. The lowest BCUT2D eigenvalue weighted by Crippen LogP contribution is -2.14. The van der Waals surface area contributed by atoms with Crippen molar-refractivity contribution in [2.24, 2.45) is 0 Å². The molecule has 0 spiro atoms. The minimum atomic E-state index is -0.0775. The molecule has 10 rings (SSSR count). The fourth-order valence-electron chi connectivity index (χ4n) is 8.79. The van der Waals surface area contributed by atoms with E-state index in [1.54, 1.807) is 0 Å². The molecule has 240 valence electrons. The van der Waals surface area contributed by atoms with E-state index in [0.29, 0.717) is 0 Å². The predicted octanol–water partition coefficient (Wildman–Crippen LogP) is 14.1. The van der Waals surface area contributed by atoms with Crippen LogP contribution in [0.25, 0.3) is 88.0 Å². The second kappa shape index (κ2) is 11.4. The van der Waals surface area contributed by atoms with Gasteiger partial charge in [-0.3, -0.25) is 0 Å². The lowest BCUT2D eigenvalue weighted by atomic mass is 9.80. The van der Waals surface area contributed by atoms with Crippen molar-refractivity contribution in [3.8, 4) is 55.6 Å². The molecular formula is C51H36. The third-order valence-electron chi connectivity index (χ3n) is 11.2. The lowest BCUT2D eigenvalue weighted by molar-refractivity contribution is 0.660. The van der Waals surface area contributed by atoms with Crippen LogP contribution in [0.5, 0.6) is 0 Å². The summed E-state index contributed by atoms with van der Waals surface area (Å²) in [4.78, 5) is 0. The van der Waals surface area contributed by atoms with E-state index in [0.717, 1.165) is 0 Å². The quantitative estimate of drug-likeness (QED) is 0.132. The summed E-state index contributed by atoms with van der Waals surface area (Å²) < 4.78 is 0. The van der Waals surface area contributed by atoms with Gasteiger partial charge >= 0.3 is 0 Å². The van der Waals surface area contributed by atoms with Gasteiger partial charge in [-0.2, -0.15) is 0 Å². The summed E-state index contributed by atoms with van der Waals surface area (Å²) in [6.45, 7) is 4.75. The zero-order chi connectivity index (χ0) is 34.1. The molecule has 0 saturated heterocycles. The van der Waals surface area contributed by atoms with Crippen molar-refractivity contribution in [2.75, 3.05) is 0 Å². The topological polar surface area (TPSA) is 0 Å². The van der Waals surface area contributed by atoms with Gasteiger partial charge < -0.3 is 0 Å². The van der Waals surface area contributed by atoms with Crippen LogP contribution in [0.2, 0.25) is 0 Å². The molecule has 0 heterocycles. The van der Waals surface area contributed by atoms with Gasteiger partial charge in [0.05, 0.1) is 0 Å². The van der Waals surface area contributed by atoms with Gasteiger partial charge in [0.15, 0.2) is 0 Å². The fourth-order valence-corrected chi connectivity index (χ4v) is 8.79. The van der Waals surface area contributed by atoms with Crippen molar-refractivity contribution in [2.45, 2.75) is 19.3 Å². The Balaban J connectivity index is 1.32. The third-order valence-corrected chi connectivity index (χ3v) is 11.2. The molecule has 0 fully saturated rings. The molecule has 0 nitrogen and oxygen atoms in total. The zero-order valence-electron chi connectivity index (χ0n) is 28.8. The zero-order valence-corrected chi connectivity index (χ0v) is 28.8. The smallest absolute Gasteiger partial charge is 0.0159 e. The Morgan fingerprint density at radius 2 is 0.863 bits per heavy atom. The average molecular weight is 649 g/mol. The first-order valence-electron chi connectivity index (χ1n) is 17.9. The minimum absolute atomic E-state index is 0.0775. The minimum Gasteiger partial charge on any atom is -0.0622 e. The van der Waals surface area contributed by atoms with Crippen LogP contribution in [0.4, 0.5) is 0 Å². The van der Waals surface area contributed by atoms with Gasteiger partial charge in [0.2, 0.25) is 0 Å². The second-order valence-electron chi connectivity index (χ2n) is 14.5. The maximum absolute atomic E-state index is 2.48. The van der Waals surface area contributed by atoms with E-state index < -0.39 is 0 Å². The predicted molar refractivity (Wildman–Crippen MR) is 218 cm³/mol. The molecule has 1 aliphatic carbocycles. The van der Waals surface area contributed by atoms with E-state index in [1.165, 1.54) is 99.1 Å². The summed E-state index contributed by atoms with van der Waals surface area (Å²) in [5, 5.41) is 7.65. The largest absolute Gasteiger partial charge is 0.0622 e. The van der Waals surface area contributed by atoms with E-state index in [9.17, 15) is 0 Å². The standard InChI is InChI=1S/C51H36/c1-51(2)46-24-14-13-21-41(46)42-27-26-36(32-47(42)51)48-43-22-11-12-23-44(43)49(50-40-20-10-9-19-35(40)25-28-45(48)50)39-30-37(33-15-5-3-6-16-33)29-38(31-39)34-17-7-4-8-18-34/h3-32H,1-2H3. The van der Waals surface area contributed by atoms with E-state index in [4.69, 9.17) is 0 Å². The summed E-state index contributed by atoms with van der Waals surface area (Å²) in [7, 11) is 0. The first kappa shape index (κ1) is 29.7. The Hall–Kier alpha value is -6.24. The van der Waals surface area contributed by atoms with Gasteiger partial charge in [-0.05, 0) is 123 Å². The fraction of sp³-hybridized carbons (Fsp3) is 0.0588. The molecule has 0 N–H and O–H groups in total. The van der Waals surface area contributed by atoms with Crippen molar-refractivity contribution in [1.82, 2.24) is 0 Å². The Kier molecular flexibility index (Phi) is 6.63. The Morgan fingerprint density at radius 3 is 1.57 bits per heavy atom. The lowest BCUT2D eigenvalue weighted by Gasteiger charge is -2.23. The normalized spacial score (nSPS) is 13.1. The van der Waals surface area contributed by atoms with Crippen LogP contribution in [0.3, 0.4) is 0 Å². The highest BCUT2D eigenvalue weighted by molar-refractivity contribution is 6.28. The molecule has 0 amide bonds. The van der Waals surface area contributed by atoms with Gasteiger partial charge in [-0.1, -0.05) is 172 Å². The van der Waals surface area contributed by atoms with Crippen LogP contribution in [0.15, 0.2) is 182 Å². The van der Waals surface area contributed by atoms with Crippen LogP contribution in [-0.4, -0.2) is 0 Å². The van der Waals surface area contributed by atoms with Crippen LogP contribution in [0, 0.1) is 0 Å². The van der Waals surface area contributed by atoms with E-state index >= 15 is 0 Å². The molecule has 9 aromatic carbocycles. The summed E-state index contributed by atoms with van der Waals surface area (Å²) >= 11 is 0. The second-order valence-corrected chi connectivity index (χ2v) is 14.5. The molecule has 51 heavy (non-hydrogen) atoms. The Labute approximate surface area is 299 Å². The molecule has 0 bridgehead atoms. The maximum atomic E-state index is 2.48. The first-order valence-corrected chi connectivity index (χ1v) is 17.9. The van der Waals surface area contributed by atoms with Crippen LogP contribution in [0.1, 0.15) is 25.0 Å². The van der Waals surface area contributed by atoms with Gasteiger partial charge in [0, 0.05) is 5.41 Å². The van der Waals surface area contributed by atoms with E-state index in [1.807, 2.05) is 0 Å². The van der Waals surface area contributed by atoms with Crippen LogP contribution >= 0.6 is 0 Å². The van der Waals surface area contributed by atoms with Crippen LogP contribution in [-0.2, 0) is 5.41 Å². The number of benzene rings is 9. The summed E-state index contributed by atoms with van der Waals surface area (Å²) in [5.41, 5.74) is 15.4. The monoisotopic (exact) mass is 648 g/mol. The number of hydrogen-bond donors (Lipinski definition) is 0. The van der Waals surface area contributed by atoms with E-state index in [-0.39, 0.29) is 5.41 Å². The van der Waals surface area contributed by atoms with Gasteiger partial charge in [-0.25, -0.2) is 0 Å². The van der Waals surface area contributed by atoms with Crippen molar-refractivity contribution in [3.63, 3.8) is 0 Å². The Bertz CT molecular complexity index is 2750. The highest BCUT2D eigenvalue weighted by Gasteiger charge is 2.35. The third kappa shape index (κ3) is 4.60. The first-order chi connectivity index (χ1) is 25.1. The number of rotatable bonds is 4. The van der Waals surface area contributed by atoms with Crippen molar-refractivity contribution < 1.29 is 0 Å². The molecule has 0 atom stereocenters. The van der Waals surface area contributed by atoms with Crippen molar-refractivity contribution in [3.05, 3.63) is 193 Å². The Morgan fingerprint density at radius 1 is 0.314 bits per heavy atom. The SMILES string of the molecule is CC1(C)c2ccccc2-c2ccc(-c3c4ccccc4c(-c4cc(-c5ccccc5)cc(-c5ccccc5)c4)c4c3ccc3ccccc34)cc21. The number of fused-ring (bicyclic) bond motifs is 7. The molecular weight excluding hydrogens is 613 g/mol. The van der Waals surface area contributed by atoms with Gasteiger partial charge in [-0.15, -0.1) is 0 Å². The molecule has 0 aromatic heterocycles. The molecule has 1 aliphatic rings. The van der Waals surface area contributed by atoms with Crippen molar-refractivity contribution >= 4 is 32.3 Å². The highest BCUT2D eigenvalue weighted by atomic mass is 14.4.